The Bertz CT molecular complexity index is 918. The van der Waals surface area contributed by atoms with Crippen molar-refractivity contribution in [3.8, 4) is 11.3 Å². The zero-order valence-corrected chi connectivity index (χ0v) is 12.9. The molecule has 3 aromatic rings. The smallest absolute Gasteiger partial charge is 0.252 e. The molecular weight excluding hydrogens is 293 g/mol. The molecule has 0 atom stereocenters. The quantitative estimate of drug-likeness (QED) is 0.770. The van der Waals surface area contributed by atoms with E-state index < -0.39 is 0 Å². The van der Waals surface area contributed by atoms with E-state index in [4.69, 9.17) is 0 Å². The monoisotopic (exact) mass is 309 g/mol. The van der Waals surface area contributed by atoms with E-state index in [1.165, 1.54) is 12.1 Å². The average molecular weight is 309 g/mol. The highest BCUT2D eigenvalue weighted by molar-refractivity contribution is 5.62. The number of aromatic amines is 1. The zero-order valence-electron chi connectivity index (χ0n) is 12.9. The number of nitrogens with one attached hydrogen (secondary N) is 2. The van der Waals surface area contributed by atoms with E-state index in [1.54, 1.807) is 19.1 Å². The molecule has 2 aromatic carbocycles. The maximum Gasteiger partial charge on any atom is 0.252 e. The minimum atomic E-state index is -0.273. The summed E-state index contributed by atoms with van der Waals surface area (Å²) in [6.07, 6.45) is 0. The van der Waals surface area contributed by atoms with Crippen molar-refractivity contribution in [1.82, 2.24) is 9.97 Å². The highest BCUT2D eigenvalue weighted by Crippen LogP contribution is 2.20. The third kappa shape index (κ3) is 3.45. The first-order valence-corrected chi connectivity index (χ1v) is 7.23. The van der Waals surface area contributed by atoms with Crippen LogP contribution in [0, 0.1) is 19.7 Å². The van der Waals surface area contributed by atoms with Crippen molar-refractivity contribution in [1.29, 1.82) is 0 Å². The molecule has 4 nitrogen and oxygen atoms in total. The first-order chi connectivity index (χ1) is 11.0. The fourth-order valence-electron chi connectivity index (χ4n) is 2.33. The van der Waals surface area contributed by atoms with Crippen molar-refractivity contribution in [3.63, 3.8) is 0 Å². The van der Waals surface area contributed by atoms with Crippen LogP contribution in [0.25, 0.3) is 11.3 Å². The molecule has 0 radical (unpaired) electrons. The van der Waals surface area contributed by atoms with Gasteiger partial charge < -0.3 is 5.32 Å². The van der Waals surface area contributed by atoms with Gasteiger partial charge in [-0.15, -0.1) is 0 Å². The van der Waals surface area contributed by atoms with E-state index in [2.05, 4.69) is 15.3 Å². The van der Waals surface area contributed by atoms with E-state index in [0.717, 1.165) is 11.1 Å². The molecule has 0 aliphatic heterocycles. The molecule has 0 spiro atoms. The SMILES string of the molecule is Cc1cccc(-c2cc(=O)[nH]c(Nc3ccc(F)c(C)c3)n2)c1. The predicted octanol–water partition coefficient (Wildman–Crippen LogP) is 3.94. The Morgan fingerprint density at radius 1 is 1.09 bits per heavy atom. The van der Waals surface area contributed by atoms with E-state index in [1.807, 2.05) is 31.2 Å². The lowest BCUT2D eigenvalue weighted by Gasteiger charge is -2.08. The van der Waals surface area contributed by atoms with Gasteiger partial charge >= 0.3 is 0 Å². The number of anilines is 2. The third-order valence-electron chi connectivity index (χ3n) is 3.48. The van der Waals surface area contributed by atoms with Gasteiger partial charge in [0.15, 0.2) is 0 Å². The second kappa shape index (κ2) is 6.04. The summed E-state index contributed by atoms with van der Waals surface area (Å²) in [6.45, 7) is 3.66. The predicted molar refractivity (Wildman–Crippen MR) is 89.5 cm³/mol. The van der Waals surface area contributed by atoms with Crippen LogP contribution >= 0.6 is 0 Å². The fraction of sp³-hybridized carbons (Fsp3) is 0.111. The van der Waals surface area contributed by atoms with Gasteiger partial charge in [-0.1, -0.05) is 23.8 Å². The maximum absolute atomic E-state index is 13.3. The minimum absolute atomic E-state index is 0.252. The van der Waals surface area contributed by atoms with Crippen LogP contribution in [0.3, 0.4) is 0 Å². The van der Waals surface area contributed by atoms with Crippen LogP contribution in [0.2, 0.25) is 0 Å². The van der Waals surface area contributed by atoms with Crippen molar-refractivity contribution < 1.29 is 4.39 Å². The van der Waals surface area contributed by atoms with Crippen LogP contribution in [0.5, 0.6) is 0 Å². The van der Waals surface area contributed by atoms with Gasteiger partial charge in [-0.3, -0.25) is 9.78 Å². The number of benzene rings is 2. The van der Waals surface area contributed by atoms with Gasteiger partial charge in [-0.2, -0.15) is 0 Å². The normalized spacial score (nSPS) is 10.6. The second-order valence-electron chi connectivity index (χ2n) is 5.44. The average Bonchev–Trinajstić information content (AvgIpc) is 2.50. The van der Waals surface area contributed by atoms with E-state index in [0.29, 0.717) is 22.9 Å². The first kappa shape index (κ1) is 15.0. The van der Waals surface area contributed by atoms with E-state index >= 15 is 0 Å². The molecule has 23 heavy (non-hydrogen) atoms. The summed E-state index contributed by atoms with van der Waals surface area (Å²) in [5.74, 6) is 0.0468. The van der Waals surface area contributed by atoms with Gasteiger partial charge in [0.25, 0.3) is 5.56 Å². The summed E-state index contributed by atoms with van der Waals surface area (Å²) < 4.78 is 13.3. The van der Waals surface area contributed by atoms with E-state index in [-0.39, 0.29) is 11.4 Å². The molecular formula is C18H16FN3O. The van der Waals surface area contributed by atoms with Crippen molar-refractivity contribution in [3.05, 3.63) is 75.8 Å². The lowest BCUT2D eigenvalue weighted by molar-refractivity contribution is 0.619. The summed E-state index contributed by atoms with van der Waals surface area (Å²) in [5.41, 5.74) is 3.47. The molecule has 0 amide bonds. The molecule has 1 heterocycles. The number of halogens is 1. The Balaban J connectivity index is 1.97. The first-order valence-electron chi connectivity index (χ1n) is 7.23. The number of aryl methyl sites for hydroxylation is 2. The lowest BCUT2D eigenvalue weighted by atomic mass is 10.1. The molecule has 116 valence electrons. The molecule has 0 aliphatic rings. The highest BCUT2D eigenvalue weighted by Gasteiger charge is 2.06. The Morgan fingerprint density at radius 3 is 2.65 bits per heavy atom. The number of hydrogen-bond acceptors (Lipinski definition) is 3. The van der Waals surface area contributed by atoms with Crippen molar-refractivity contribution >= 4 is 11.6 Å². The summed E-state index contributed by atoms with van der Waals surface area (Å²) in [5, 5.41) is 3.00. The number of nitrogens with zero attached hydrogens (tertiary/aromatic N) is 1. The summed E-state index contributed by atoms with van der Waals surface area (Å²) in [6, 6.07) is 13.9. The van der Waals surface area contributed by atoms with Crippen molar-refractivity contribution in [2.75, 3.05) is 5.32 Å². The number of H-pyrrole nitrogens is 1. The Kier molecular flexibility index (Phi) is 3.93. The molecule has 1 aromatic heterocycles. The summed E-state index contributed by atoms with van der Waals surface area (Å²) >= 11 is 0. The Morgan fingerprint density at radius 2 is 1.91 bits per heavy atom. The van der Waals surface area contributed by atoms with Crippen LogP contribution in [0.1, 0.15) is 11.1 Å². The number of rotatable bonds is 3. The summed E-state index contributed by atoms with van der Waals surface area (Å²) in [4.78, 5) is 19.0. The van der Waals surface area contributed by atoms with Crippen LogP contribution in [0.15, 0.2) is 53.3 Å². The molecule has 0 aliphatic carbocycles. The topological polar surface area (TPSA) is 57.8 Å². The molecule has 0 saturated carbocycles. The molecule has 3 rings (SSSR count). The molecule has 0 bridgehead atoms. The van der Waals surface area contributed by atoms with Gasteiger partial charge in [0, 0.05) is 17.3 Å². The molecule has 0 unspecified atom stereocenters. The third-order valence-corrected chi connectivity index (χ3v) is 3.48. The van der Waals surface area contributed by atoms with Gasteiger partial charge in [0.05, 0.1) is 5.69 Å². The summed E-state index contributed by atoms with van der Waals surface area (Å²) in [7, 11) is 0. The zero-order chi connectivity index (χ0) is 16.4. The standard InChI is InChI=1S/C18H16FN3O/c1-11-4-3-5-13(8-11)16-10-17(23)22-18(21-16)20-14-6-7-15(19)12(2)9-14/h3-10H,1-2H3,(H2,20,21,22,23). The Labute approximate surface area is 133 Å². The van der Waals surface area contributed by atoms with Crippen LogP contribution in [0.4, 0.5) is 16.0 Å². The number of hydrogen-bond donors (Lipinski definition) is 2. The second-order valence-corrected chi connectivity index (χ2v) is 5.44. The molecule has 0 fully saturated rings. The molecule has 2 N–H and O–H groups in total. The Hall–Kier alpha value is -2.95. The largest absolute Gasteiger partial charge is 0.326 e. The van der Waals surface area contributed by atoms with Gasteiger partial charge in [0.2, 0.25) is 5.95 Å². The van der Waals surface area contributed by atoms with Crippen LogP contribution in [-0.4, -0.2) is 9.97 Å². The van der Waals surface area contributed by atoms with Gasteiger partial charge in [0.1, 0.15) is 5.82 Å². The van der Waals surface area contributed by atoms with Gasteiger partial charge in [-0.25, -0.2) is 9.37 Å². The van der Waals surface area contributed by atoms with Gasteiger partial charge in [-0.05, 0) is 43.7 Å². The van der Waals surface area contributed by atoms with Crippen molar-refractivity contribution in [2.45, 2.75) is 13.8 Å². The van der Waals surface area contributed by atoms with E-state index in [9.17, 15) is 9.18 Å². The van der Waals surface area contributed by atoms with Crippen LogP contribution < -0.4 is 10.9 Å². The molecule has 0 saturated heterocycles. The maximum atomic E-state index is 13.3. The molecule has 5 heteroatoms. The van der Waals surface area contributed by atoms with Crippen LogP contribution in [-0.2, 0) is 0 Å². The number of aromatic nitrogens is 2. The van der Waals surface area contributed by atoms with Crippen molar-refractivity contribution in [2.24, 2.45) is 0 Å². The lowest BCUT2D eigenvalue weighted by Crippen LogP contribution is -2.10. The fourth-order valence-corrected chi connectivity index (χ4v) is 2.33. The highest BCUT2D eigenvalue weighted by atomic mass is 19.1. The minimum Gasteiger partial charge on any atom is -0.326 e.